The largest absolute Gasteiger partial charge is 0.103 e. The number of benzene rings is 1. The van der Waals surface area contributed by atoms with E-state index in [0.717, 1.165) is 0 Å². The summed E-state index contributed by atoms with van der Waals surface area (Å²) in [6, 6.07) is 11.2. The van der Waals surface area contributed by atoms with E-state index in [1.165, 1.54) is 0 Å². The van der Waals surface area contributed by atoms with E-state index in [-0.39, 0.29) is 0 Å². The lowest BCUT2D eigenvalue weighted by Gasteiger charge is -2.36. The van der Waals surface area contributed by atoms with Gasteiger partial charge in [0.1, 0.15) is 8.07 Å². The van der Waals surface area contributed by atoms with Gasteiger partial charge in [-0.3, -0.25) is 0 Å². The molecule has 0 heterocycles. The van der Waals surface area contributed by atoms with Crippen molar-refractivity contribution in [2.45, 2.75) is 52.4 Å². The van der Waals surface area contributed by atoms with Crippen LogP contribution in [0.15, 0.2) is 40.9 Å². The van der Waals surface area contributed by atoms with Crippen molar-refractivity contribution in [3.63, 3.8) is 0 Å². The monoisotopic (exact) mass is 306 g/mol. The minimum Gasteiger partial charge on any atom is -0.103 e. The molecule has 0 saturated heterocycles. The maximum Gasteiger partial charge on any atom is 0.102 e. The summed E-state index contributed by atoms with van der Waals surface area (Å²) in [5.74, 6) is 0. The van der Waals surface area contributed by atoms with Gasteiger partial charge in [0.05, 0.1) is 16.1 Å². The van der Waals surface area contributed by atoms with Crippen molar-refractivity contribution in [3.8, 4) is 0 Å². The van der Waals surface area contributed by atoms with Gasteiger partial charge in [0.2, 0.25) is 0 Å². The van der Waals surface area contributed by atoms with E-state index < -0.39 is 24.2 Å². The third-order valence-corrected chi connectivity index (χ3v) is 14.4. The molecule has 0 aliphatic carbocycles. The smallest absolute Gasteiger partial charge is 0.102 e. The maximum absolute atomic E-state index is 2.72. The Morgan fingerprint density at radius 3 is 1.63 bits per heavy atom. The fraction of sp³-hybridized carbons (Fsp3) is 0.500. The molecule has 0 unspecified atom stereocenters. The summed E-state index contributed by atoms with van der Waals surface area (Å²) in [5.41, 5.74) is 2.72. The Morgan fingerprint density at radius 1 is 0.789 bits per heavy atom. The highest BCUT2D eigenvalue weighted by Gasteiger charge is 2.36. The van der Waals surface area contributed by atoms with Gasteiger partial charge in [0, 0.05) is 0 Å². The van der Waals surface area contributed by atoms with Crippen LogP contribution in [0.1, 0.15) is 0 Å². The molecule has 0 fully saturated rings. The molecule has 0 spiro atoms. The topological polar surface area (TPSA) is 0 Å². The third-order valence-electron chi connectivity index (χ3n) is 3.55. The van der Waals surface area contributed by atoms with Crippen LogP contribution in [0.2, 0.25) is 52.4 Å². The molecule has 0 bridgehead atoms. The molecule has 0 atom stereocenters. The van der Waals surface area contributed by atoms with Gasteiger partial charge in [0.15, 0.2) is 0 Å². The zero-order valence-electron chi connectivity index (χ0n) is 14.0. The summed E-state index contributed by atoms with van der Waals surface area (Å²) < 4.78 is 0. The Morgan fingerprint density at radius 2 is 1.26 bits per heavy atom. The van der Waals surface area contributed by atoms with E-state index in [2.05, 4.69) is 88.4 Å². The van der Waals surface area contributed by atoms with Gasteiger partial charge in [-0.1, -0.05) is 92.7 Å². The highest BCUT2D eigenvalue weighted by Crippen LogP contribution is 2.27. The van der Waals surface area contributed by atoms with Crippen LogP contribution in [0.5, 0.6) is 0 Å². The summed E-state index contributed by atoms with van der Waals surface area (Å²) in [6.07, 6.45) is 0. The first-order valence-corrected chi connectivity index (χ1v) is 17.3. The lowest BCUT2D eigenvalue weighted by atomic mass is 10.4. The van der Waals surface area contributed by atoms with Gasteiger partial charge < -0.3 is 0 Å². The van der Waals surface area contributed by atoms with Gasteiger partial charge in [-0.15, -0.1) is 5.70 Å². The fourth-order valence-electron chi connectivity index (χ4n) is 2.78. The van der Waals surface area contributed by atoms with Gasteiger partial charge in [-0.05, 0) is 0 Å². The van der Waals surface area contributed by atoms with E-state index >= 15 is 0 Å². The summed E-state index contributed by atoms with van der Waals surface area (Å²) in [6.45, 7) is 20.0. The van der Waals surface area contributed by atoms with Gasteiger partial charge in [0.25, 0.3) is 0 Å². The minimum absolute atomic E-state index is 1.17. The average Bonchev–Trinajstić information content (AvgIpc) is 2.24. The van der Waals surface area contributed by atoms with Crippen LogP contribution in [-0.2, 0) is 0 Å². The van der Waals surface area contributed by atoms with Crippen molar-refractivity contribution in [1.82, 2.24) is 0 Å². The van der Waals surface area contributed by atoms with E-state index in [0.29, 0.717) is 0 Å². The first-order valence-electron chi connectivity index (χ1n) is 7.24. The lowest BCUT2D eigenvalue weighted by Crippen LogP contribution is -2.52. The molecule has 0 amide bonds. The van der Waals surface area contributed by atoms with E-state index in [1.54, 1.807) is 5.19 Å². The maximum atomic E-state index is 2.72. The molecule has 0 aromatic heterocycles. The number of rotatable bonds is 4. The van der Waals surface area contributed by atoms with Crippen molar-refractivity contribution >= 4 is 29.4 Å². The standard InChI is InChI=1S/C16H30Si3/c1-17(2,3)14-16(18(4,5)6)19(7,8)15-12-10-9-11-13-15/h9-14H,1-8H3. The van der Waals surface area contributed by atoms with Gasteiger partial charge in [-0.2, -0.15) is 0 Å². The van der Waals surface area contributed by atoms with Crippen LogP contribution in [0.3, 0.4) is 0 Å². The zero-order chi connectivity index (χ0) is 14.9. The molecule has 19 heavy (non-hydrogen) atoms. The van der Waals surface area contributed by atoms with Crippen molar-refractivity contribution in [2.75, 3.05) is 0 Å². The Kier molecular flexibility index (Phi) is 4.86. The normalized spacial score (nSPS) is 14.6. The molecular weight excluding hydrogens is 276 g/mol. The van der Waals surface area contributed by atoms with Crippen molar-refractivity contribution in [2.24, 2.45) is 0 Å². The summed E-state index contributed by atoms with van der Waals surface area (Å²) >= 11 is 0. The van der Waals surface area contributed by atoms with Crippen LogP contribution in [0, 0.1) is 0 Å². The molecule has 1 aromatic rings. The second-order valence-corrected chi connectivity index (χ2v) is 23.1. The number of hydrogen-bond acceptors (Lipinski definition) is 0. The van der Waals surface area contributed by atoms with Crippen molar-refractivity contribution in [1.29, 1.82) is 0 Å². The second-order valence-electron chi connectivity index (χ2n) is 8.17. The highest BCUT2D eigenvalue weighted by molar-refractivity contribution is 7.12. The third kappa shape index (κ3) is 4.58. The molecule has 0 radical (unpaired) electrons. The van der Waals surface area contributed by atoms with Crippen LogP contribution in [0.4, 0.5) is 0 Å². The van der Waals surface area contributed by atoms with E-state index in [9.17, 15) is 0 Å². The SMILES string of the molecule is C[Si](C)(C)C=C([Si](C)(C)C)[Si](C)(C)c1ccccc1. The van der Waals surface area contributed by atoms with Crippen LogP contribution in [0.25, 0.3) is 0 Å². The predicted octanol–water partition coefficient (Wildman–Crippen LogP) is 4.82. The Labute approximate surface area is 123 Å². The summed E-state index contributed by atoms with van der Waals surface area (Å²) in [5, 5.41) is 1.59. The molecule has 106 valence electrons. The summed E-state index contributed by atoms with van der Waals surface area (Å²) in [7, 11) is -3.92. The lowest BCUT2D eigenvalue weighted by molar-refractivity contribution is 1.62. The predicted molar refractivity (Wildman–Crippen MR) is 98.3 cm³/mol. The first kappa shape index (κ1) is 16.7. The van der Waals surface area contributed by atoms with Gasteiger partial charge >= 0.3 is 0 Å². The van der Waals surface area contributed by atoms with Crippen LogP contribution < -0.4 is 5.19 Å². The first-order chi connectivity index (χ1) is 8.44. The van der Waals surface area contributed by atoms with Crippen LogP contribution >= 0.6 is 0 Å². The Balaban J connectivity index is 3.38. The molecule has 1 aromatic carbocycles. The van der Waals surface area contributed by atoms with E-state index in [1.807, 2.05) is 4.82 Å². The van der Waals surface area contributed by atoms with E-state index in [4.69, 9.17) is 0 Å². The molecule has 0 saturated carbocycles. The quantitative estimate of drug-likeness (QED) is 0.699. The minimum atomic E-state index is -1.50. The molecule has 0 N–H and O–H groups in total. The van der Waals surface area contributed by atoms with Crippen molar-refractivity contribution < 1.29 is 0 Å². The fourth-order valence-corrected chi connectivity index (χ4v) is 18.7. The van der Waals surface area contributed by atoms with Gasteiger partial charge in [-0.25, -0.2) is 0 Å². The van der Waals surface area contributed by atoms with Crippen molar-refractivity contribution in [3.05, 3.63) is 40.9 Å². The molecular formula is C16H30Si3. The zero-order valence-corrected chi connectivity index (χ0v) is 17.0. The van der Waals surface area contributed by atoms with Crippen LogP contribution in [-0.4, -0.2) is 24.2 Å². The molecule has 0 aliphatic rings. The molecule has 0 nitrogen and oxygen atoms in total. The summed E-state index contributed by atoms with van der Waals surface area (Å²) in [4.78, 5) is 1.85. The highest BCUT2D eigenvalue weighted by atomic mass is 28.4. The number of hydrogen-bond donors (Lipinski definition) is 0. The Bertz CT molecular complexity index is 445. The molecule has 1 rings (SSSR count). The second kappa shape index (κ2) is 5.54. The molecule has 3 heteroatoms. The average molecular weight is 307 g/mol. The Hall–Kier alpha value is -0.389. The molecule has 0 aliphatic heterocycles.